The highest BCUT2D eigenvalue weighted by molar-refractivity contribution is 5.14. The van der Waals surface area contributed by atoms with Crippen molar-refractivity contribution in [2.45, 2.75) is 142 Å². The number of hydrogen-bond donors (Lipinski definition) is 11. The van der Waals surface area contributed by atoms with Gasteiger partial charge in [-0.25, -0.2) is 0 Å². The number of fused-ring (bicyclic) bond motifs is 1. The first-order valence-corrected chi connectivity index (χ1v) is 17.4. The normalized spacial score (nSPS) is 49.1. The van der Waals surface area contributed by atoms with E-state index in [-0.39, 0.29) is 19.6 Å². The summed E-state index contributed by atoms with van der Waals surface area (Å²) in [5, 5.41) is 64.4. The first kappa shape index (κ1) is 39.2. The molecule has 19 nitrogen and oxygen atoms in total. The lowest BCUT2D eigenvalue weighted by Crippen LogP contribution is -2.69. The summed E-state index contributed by atoms with van der Waals surface area (Å²) in [4.78, 5) is 0. The van der Waals surface area contributed by atoms with E-state index in [0.717, 1.165) is 5.56 Å². The second-order valence-corrected chi connectivity index (χ2v) is 13.9. The molecule has 1 unspecified atom stereocenters. The van der Waals surface area contributed by atoms with Gasteiger partial charge in [-0.1, -0.05) is 30.3 Å². The van der Waals surface area contributed by atoms with Crippen molar-refractivity contribution in [3.05, 3.63) is 35.9 Å². The zero-order valence-corrected chi connectivity index (χ0v) is 28.0. The number of ether oxygens (including phenoxy) is 8. The van der Waals surface area contributed by atoms with Crippen LogP contribution < -0.4 is 28.7 Å². The summed E-state index contributed by atoms with van der Waals surface area (Å²) in [5.41, 5.74) is 31.9. The molecule has 0 spiro atoms. The Morgan fingerprint density at radius 3 is 2.02 bits per heavy atom. The Morgan fingerprint density at radius 2 is 1.31 bits per heavy atom. The first-order valence-electron chi connectivity index (χ1n) is 17.4. The van der Waals surface area contributed by atoms with Gasteiger partial charge in [0.2, 0.25) is 0 Å². The van der Waals surface area contributed by atoms with E-state index in [0.29, 0.717) is 12.8 Å². The van der Waals surface area contributed by atoms with Crippen LogP contribution in [0.4, 0.5) is 0 Å². The molecule has 16 N–H and O–H groups in total. The third-order valence-electron chi connectivity index (χ3n) is 10.4. The highest BCUT2D eigenvalue weighted by atomic mass is 16.8. The van der Waals surface area contributed by atoms with Crippen molar-refractivity contribution in [2.24, 2.45) is 28.7 Å². The summed E-state index contributed by atoms with van der Waals surface area (Å²) in [6.07, 6.45) is -17.8. The Labute approximate surface area is 294 Å². The highest BCUT2D eigenvalue weighted by Gasteiger charge is 2.55. The molecule has 20 atom stereocenters. The van der Waals surface area contributed by atoms with E-state index in [4.69, 9.17) is 66.6 Å². The lowest BCUT2D eigenvalue weighted by atomic mass is 9.84. The molecule has 0 bridgehead atoms. The molecule has 4 saturated heterocycles. The molecule has 5 aliphatic rings. The fourth-order valence-corrected chi connectivity index (χ4v) is 7.34. The maximum Gasteiger partial charge on any atom is 0.187 e. The quantitative estimate of drug-likeness (QED) is 0.101. The second-order valence-electron chi connectivity index (χ2n) is 13.9. The number of hydrogen-bond acceptors (Lipinski definition) is 19. The molecule has 0 radical (unpaired) electrons. The molecule has 0 aromatic heterocycles. The largest absolute Gasteiger partial charge is 0.394 e. The Kier molecular flexibility index (Phi) is 12.9. The molecule has 1 aliphatic carbocycles. The second kappa shape index (κ2) is 16.9. The molecule has 4 heterocycles. The summed E-state index contributed by atoms with van der Waals surface area (Å²) in [6, 6.07) is 5.84. The molecule has 290 valence electrons. The van der Waals surface area contributed by atoms with Crippen molar-refractivity contribution in [2.75, 3.05) is 19.8 Å². The van der Waals surface area contributed by atoms with Crippen LogP contribution in [0.25, 0.3) is 0 Å². The van der Waals surface area contributed by atoms with Gasteiger partial charge in [0.1, 0.15) is 67.1 Å². The van der Waals surface area contributed by atoms with E-state index in [9.17, 15) is 30.6 Å². The fourth-order valence-electron chi connectivity index (χ4n) is 7.34. The highest BCUT2D eigenvalue weighted by Crippen LogP contribution is 2.35. The van der Waals surface area contributed by atoms with Crippen molar-refractivity contribution < 1.29 is 68.5 Å². The SMILES string of the molecule is NC[C@@H]1O[C@H](O[C@H]2[C@@H](O)[C@H](O[C@@H]3[C@@H](O)[C@H](N)C[C@H](N)[C@H]3O[C@H]3O[C@@H]4COC(CCc5ccccc5)O[C@H]4[C@H](O)[C@H]3N)O[C@@H]2CO)[C@H](N)[C@@H](O)[C@@H]1O. The van der Waals surface area contributed by atoms with Crippen molar-refractivity contribution in [1.82, 2.24) is 0 Å². The maximum absolute atomic E-state index is 11.3. The van der Waals surface area contributed by atoms with Crippen LogP contribution in [-0.2, 0) is 44.3 Å². The third kappa shape index (κ3) is 8.27. The van der Waals surface area contributed by atoms with Gasteiger partial charge >= 0.3 is 0 Å². The summed E-state index contributed by atoms with van der Waals surface area (Å²) >= 11 is 0. The third-order valence-corrected chi connectivity index (χ3v) is 10.4. The monoisotopic (exact) mass is 731 g/mol. The van der Waals surface area contributed by atoms with E-state index in [1.54, 1.807) is 0 Å². The molecule has 6 rings (SSSR count). The molecular weight excluding hydrogens is 678 g/mol. The summed E-state index contributed by atoms with van der Waals surface area (Å²) in [6.45, 7) is -0.697. The maximum atomic E-state index is 11.3. The van der Waals surface area contributed by atoms with Crippen LogP contribution in [0.2, 0.25) is 0 Å². The molecule has 1 aromatic carbocycles. The van der Waals surface area contributed by atoms with Crippen molar-refractivity contribution >= 4 is 0 Å². The van der Waals surface area contributed by atoms with Gasteiger partial charge in [-0.3, -0.25) is 0 Å². The van der Waals surface area contributed by atoms with E-state index in [2.05, 4.69) is 0 Å². The number of nitrogens with two attached hydrogens (primary N) is 5. The van der Waals surface area contributed by atoms with Crippen molar-refractivity contribution in [3.8, 4) is 0 Å². The molecule has 1 saturated carbocycles. The predicted molar refractivity (Wildman–Crippen MR) is 173 cm³/mol. The van der Waals surface area contributed by atoms with E-state index in [1.807, 2.05) is 30.3 Å². The zero-order chi connectivity index (χ0) is 36.6. The van der Waals surface area contributed by atoms with Gasteiger partial charge < -0.3 is 97.2 Å². The van der Waals surface area contributed by atoms with Gasteiger partial charge in [0.15, 0.2) is 25.2 Å². The number of aryl methyl sites for hydroxylation is 1. The van der Waals surface area contributed by atoms with Gasteiger partial charge in [-0.05, 0) is 18.4 Å². The minimum atomic E-state index is -1.59. The smallest absolute Gasteiger partial charge is 0.187 e. The van der Waals surface area contributed by atoms with Gasteiger partial charge in [-0.2, -0.15) is 0 Å². The molecule has 5 fully saturated rings. The van der Waals surface area contributed by atoms with Crippen molar-refractivity contribution in [3.63, 3.8) is 0 Å². The Bertz CT molecular complexity index is 1240. The minimum absolute atomic E-state index is 0.0976. The molecule has 1 aromatic rings. The Morgan fingerprint density at radius 1 is 0.667 bits per heavy atom. The minimum Gasteiger partial charge on any atom is -0.394 e. The van der Waals surface area contributed by atoms with Crippen LogP contribution in [0.1, 0.15) is 18.4 Å². The van der Waals surface area contributed by atoms with Crippen LogP contribution >= 0.6 is 0 Å². The Balaban J connectivity index is 1.10. The van der Waals surface area contributed by atoms with Gasteiger partial charge in [0, 0.05) is 25.0 Å². The Hall–Kier alpha value is -1.54. The molecule has 4 aliphatic heterocycles. The predicted octanol–water partition coefficient (Wildman–Crippen LogP) is -5.84. The topological polar surface area (TPSA) is 325 Å². The van der Waals surface area contributed by atoms with Crippen LogP contribution in [-0.4, -0.2) is 173 Å². The molecular formula is C32H53N5O14. The molecule has 19 heteroatoms. The van der Waals surface area contributed by atoms with Gasteiger partial charge in [-0.15, -0.1) is 0 Å². The average molecular weight is 732 g/mol. The molecule has 51 heavy (non-hydrogen) atoms. The van der Waals surface area contributed by atoms with Gasteiger partial charge in [0.25, 0.3) is 0 Å². The molecule has 0 amide bonds. The summed E-state index contributed by atoms with van der Waals surface area (Å²) in [7, 11) is 0. The number of rotatable bonds is 11. The number of aliphatic hydroxyl groups is 6. The number of aliphatic hydroxyl groups excluding tert-OH is 6. The van der Waals surface area contributed by atoms with Crippen molar-refractivity contribution in [1.29, 1.82) is 0 Å². The summed E-state index contributed by atoms with van der Waals surface area (Å²) in [5.74, 6) is 0. The van der Waals surface area contributed by atoms with E-state index >= 15 is 0 Å². The lowest BCUT2D eigenvalue weighted by molar-refractivity contribution is -0.354. The summed E-state index contributed by atoms with van der Waals surface area (Å²) < 4.78 is 47.7. The van der Waals surface area contributed by atoms with Crippen LogP contribution in [0, 0.1) is 0 Å². The standard InChI is InChI=1S/C32H53N5O14/c33-9-15-22(40)23(41)19(36)30(45-15)50-27-16(10-38)46-32(25(27)43)51-29-21(39)13(34)8-14(35)26(29)49-31-20(37)24(42)28-17(47-31)11-44-18(48-28)7-6-12-4-2-1-3-5-12/h1-5,13-32,38-43H,6-11,33-37H2/t13-,14+,15+,16-,17-,18?,19-,20-,21+,22-,23-,24-,25-,26-,27-,28-,29-,30-,31-,32+/m1/s1. The fraction of sp³-hybridized carbons (Fsp3) is 0.812. The van der Waals surface area contributed by atoms with E-state index in [1.165, 1.54) is 0 Å². The van der Waals surface area contributed by atoms with Crippen LogP contribution in [0.3, 0.4) is 0 Å². The lowest BCUT2D eigenvalue weighted by Gasteiger charge is -2.49. The average Bonchev–Trinajstić information content (AvgIpc) is 3.43. The van der Waals surface area contributed by atoms with Crippen LogP contribution in [0.5, 0.6) is 0 Å². The first-order chi connectivity index (χ1) is 24.4. The van der Waals surface area contributed by atoms with Gasteiger partial charge in [0.05, 0.1) is 31.4 Å². The van der Waals surface area contributed by atoms with E-state index < -0.39 is 129 Å². The zero-order valence-electron chi connectivity index (χ0n) is 28.0. The number of benzene rings is 1. The van der Waals surface area contributed by atoms with Crippen LogP contribution in [0.15, 0.2) is 30.3 Å².